The first kappa shape index (κ1) is 17.1. The van der Waals surface area contributed by atoms with Crippen molar-refractivity contribution in [1.82, 2.24) is 0 Å². The van der Waals surface area contributed by atoms with Gasteiger partial charge in [-0.25, -0.2) is 4.79 Å². The Morgan fingerprint density at radius 2 is 1.57 bits per heavy atom. The zero-order valence-electron chi connectivity index (χ0n) is 13.7. The molecule has 0 N–H and O–H groups in total. The van der Waals surface area contributed by atoms with E-state index in [-0.39, 0.29) is 0 Å². The normalized spacial score (nSPS) is 10.3. The maximum atomic E-state index is 11.8. The predicted molar refractivity (Wildman–Crippen MR) is 92.6 cm³/mol. The zero-order valence-corrected chi connectivity index (χ0v) is 13.7. The van der Waals surface area contributed by atoms with Crippen molar-refractivity contribution in [1.29, 1.82) is 0 Å². The van der Waals surface area contributed by atoms with E-state index in [9.17, 15) is 4.79 Å². The fraction of sp³-hybridized carbons (Fsp3) is 0.350. The minimum absolute atomic E-state index is 0.413. The van der Waals surface area contributed by atoms with Gasteiger partial charge >= 0.3 is 6.16 Å². The van der Waals surface area contributed by atoms with Gasteiger partial charge in [-0.2, -0.15) is 0 Å². The van der Waals surface area contributed by atoms with Gasteiger partial charge in [0.05, 0.1) is 6.61 Å². The highest BCUT2D eigenvalue weighted by molar-refractivity contribution is 5.74. The minimum atomic E-state index is -0.635. The van der Waals surface area contributed by atoms with Crippen LogP contribution in [0, 0.1) is 0 Å². The van der Waals surface area contributed by atoms with Crippen molar-refractivity contribution in [3.8, 4) is 16.9 Å². The summed E-state index contributed by atoms with van der Waals surface area (Å²) in [6.07, 6.45) is 4.96. The second-order valence-electron chi connectivity index (χ2n) is 5.48. The van der Waals surface area contributed by atoms with Crippen molar-refractivity contribution in [3.63, 3.8) is 0 Å². The largest absolute Gasteiger partial charge is 0.513 e. The van der Waals surface area contributed by atoms with Crippen molar-refractivity contribution in [2.45, 2.75) is 39.0 Å². The Morgan fingerprint density at radius 3 is 2.35 bits per heavy atom. The first-order valence-corrected chi connectivity index (χ1v) is 8.30. The molecular formula is C20H24O3. The topological polar surface area (TPSA) is 35.5 Å². The third-order valence-electron chi connectivity index (χ3n) is 3.63. The van der Waals surface area contributed by atoms with Crippen LogP contribution in [0.15, 0.2) is 54.6 Å². The van der Waals surface area contributed by atoms with Crippen molar-refractivity contribution in [2.24, 2.45) is 0 Å². The summed E-state index contributed by atoms with van der Waals surface area (Å²) in [5.41, 5.74) is 1.89. The fourth-order valence-corrected chi connectivity index (χ4v) is 2.39. The SMILES string of the molecule is CCCCCCCOC(=O)Oc1ccccc1-c1ccccc1. The number of ether oxygens (including phenoxy) is 2. The maximum absolute atomic E-state index is 11.8. The molecule has 23 heavy (non-hydrogen) atoms. The lowest BCUT2D eigenvalue weighted by molar-refractivity contribution is 0.0975. The quantitative estimate of drug-likeness (QED) is 0.349. The van der Waals surface area contributed by atoms with E-state index in [4.69, 9.17) is 9.47 Å². The molecule has 0 atom stereocenters. The molecule has 3 nitrogen and oxygen atoms in total. The summed E-state index contributed by atoms with van der Waals surface area (Å²) in [6.45, 7) is 2.59. The van der Waals surface area contributed by atoms with Gasteiger partial charge < -0.3 is 9.47 Å². The lowest BCUT2D eigenvalue weighted by Gasteiger charge is -2.10. The molecule has 2 aromatic rings. The first-order valence-electron chi connectivity index (χ1n) is 8.30. The number of hydrogen-bond donors (Lipinski definition) is 0. The molecular weight excluding hydrogens is 288 g/mol. The third kappa shape index (κ3) is 5.78. The van der Waals surface area contributed by atoms with E-state index >= 15 is 0 Å². The zero-order chi connectivity index (χ0) is 16.3. The highest BCUT2D eigenvalue weighted by Gasteiger charge is 2.11. The average Bonchev–Trinajstić information content (AvgIpc) is 2.59. The number of rotatable bonds is 8. The van der Waals surface area contributed by atoms with E-state index in [1.54, 1.807) is 6.07 Å². The lowest BCUT2D eigenvalue weighted by atomic mass is 10.1. The van der Waals surface area contributed by atoms with Gasteiger partial charge in [-0.1, -0.05) is 81.1 Å². The van der Waals surface area contributed by atoms with Gasteiger partial charge in [-0.15, -0.1) is 0 Å². The molecule has 0 saturated carbocycles. The van der Waals surface area contributed by atoms with Crippen LogP contribution in [-0.2, 0) is 4.74 Å². The standard InChI is InChI=1S/C20H24O3/c1-2-3-4-5-11-16-22-20(21)23-19-15-10-9-14-18(19)17-12-7-6-8-13-17/h6-10,12-15H,2-5,11,16H2,1H3. The molecule has 3 heteroatoms. The molecule has 0 unspecified atom stereocenters. The molecule has 0 amide bonds. The first-order chi connectivity index (χ1) is 11.3. The van der Waals surface area contributed by atoms with Crippen molar-refractivity contribution in [3.05, 3.63) is 54.6 Å². The van der Waals surface area contributed by atoms with Crippen LogP contribution in [0.3, 0.4) is 0 Å². The molecule has 0 radical (unpaired) electrons. The number of carbonyl (C=O) groups is 1. The maximum Gasteiger partial charge on any atom is 0.513 e. The smallest absolute Gasteiger partial charge is 0.434 e. The molecule has 0 bridgehead atoms. The van der Waals surface area contributed by atoms with Gasteiger partial charge in [0.15, 0.2) is 0 Å². The van der Waals surface area contributed by atoms with Crippen molar-refractivity contribution in [2.75, 3.05) is 6.61 Å². The van der Waals surface area contributed by atoms with Crippen LogP contribution < -0.4 is 4.74 Å². The van der Waals surface area contributed by atoms with Crippen LogP contribution in [0.4, 0.5) is 4.79 Å². The second kappa shape index (κ2) is 9.67. The number of para-hydroxylation sites is 1. The molecule has 0 aliphatic carbocycles. The molecule has 0 aliphatic heterocycles. The van der Waals surface area contributed by atoms with Crippen LogP contribution >= 0.6 is 0 Å². The average molecular weight is 312 g/mol. The van der Waals surface area contributed by atoms with Crippen LogP contribution in [0.25, 0.3) is 11.1 Å². The Hall–Kier alpha value is -2.29. The Morgan fingerprint density at radius 1 is 0.870 bits per heavy atom. The monoisotopic (exact) mass is 312 g/mol. The molecule has 0 fully saturated rings. The Labute approximate surface area is 138 Å². The molecule has 2 rings (SSSR count). The van der Waals surface area contributed by atoms with Gasteiger partial charge in [-0.3, -0.25) is 0 Å². The Kier molecular flexibility index (Phi) is 7.18. The summed E-state index contributed by atoms with van der Waals surface area (Å²) in [4.78, 5) is 11.8. The molecule has 0 aromatic heterocycles. The number of carbonyl (C=O) groups excluding carboxylic acids is 1. The summed E-state index contributed by atoms with van der Waals surface area (Å²) >= 11 is 0. The van der Waals surface area contributed by atoms with E-state index in [1.165, 1.54) is 19.3 Å². The van der Waals surface area contributed by atoms with Crippen molar-refractivity contribution < 1.29 is 14.3 Å². The summed E-state index contributed by atoms with van der Waals surface area (Å²) in [5, 5.41) is 0. The van der Waals surface area contributed by atoms with Gasteiger partial charge in [0.1, 0.15) is 5.75 Å². The molecule has 0 spiro atoms. The second-order valence-corrected chi connectivity index (χ2v) is 5.48. The van der Waals surface area contributed by atoms with Gasteiger partial charge in [-0.05, 0) is 18.1 Å². The van der Waals surface area contributed by atoms with E-state index in [0.29, 0.717) is 12.4 Å². The van der Waals surface area contributed by atoms with E-state index < -0.39 is 6.16 Å². The van der Waals surface area contributed by atoms with E-state index in [1.807, 2.05) is 48.5 Å². The van der Waals surface area contributed by atoms with Gasteiger partial charge in [0.25, 0.3) is 0 Å². The minimum Gasteiger partial charge on any atom is -0.434 e. The molecule has 0 saturated heterocycles. The molecule has 0 aliphatic rings. The van der Waals surface area contributed by atoms with Gasteiger partial charge in [0.2, 0.25) is 0 Å². The highest BCUT2D eigenvalue weighted by atomic mass is 16.7. The summed E-state index contributed by atoms with van der Waals surface area (Å²) in [7, 11) is 0. The molecule has 2 aromatic carbocycles. The van der Waals surface area contributed by atoms with Crippen LogP contribution in [0.5, 0.6) is 5.75 Å². The fourth-order valence-electron chi connectivity index (χ4n) is 2.39. The highest BCUT2D eigenvalue weighted by Crippen LogP contribution is 2.29. The number of hydrogen-bond acceptors (Lipinski definition) is 3. The molecule has 122 valence electrons. The van der Waals surface area contributed by atoms with Crippen LogP contribution in [0.2, 0.25) is 0 Å². The third-order valence-corrected chi connectivity index (χ3v) is 3.63. The summed E-state index contributed by atoms with van der Waals surface area (Å²) in [6, 6.07) is 17.3. The Bertz CT molecular complexity index is 593. The molecule has 0 heterocycles. The Balaban J connectivity index is 1.87. The lowest BCUT2D eigenvalue weighted by Crippen LogP contribution is -2.12. The summed E-state index contributed by atoms with van der Waals surface area (Å²) in [5.74, 6) is 0.523. The number of benzene rings is 2. The van der Waals surface area contributed by atoms with Crippen molar-refractivity contribution >= 4 is 6.16 Å². The van der Waals surface area contributed by atoms with E-state index in [0.717, 1.165) is 24.0 Å². The predicted octanol–water partition coefficient (Wildman–Crippen LogP) is 5.84. The van der Waals surface area contributed by atoms with Gasteiger partial charge in [0, 0.05) is 5.56 Å². The van der Waals surface area contributed by atoms with Crippen LogP contribution in [-0.4, -0.2) is 12.8 Å². The van der Waals surface area contributed by atoms with E-state index in [2.05, 4.69) is 6.92 Å². The summed E-state index contributed by atoms with van der Waals surface area (Å²) < 4.78 is 10.5. The number of unbranched alkanes of at least 4 members (excludes halogenated alkanes) is 4. The van der Waals surface area contributed by atoms with Crippen LogP contribution in [0.1, 0.15) is 39.0 Å².